The second kappa shape index (κ2) is 13.3. The lowest BCUT2D eigenvalue weighted by Gasteiger charge is -2.37. The second-order valence-corrected chi connectivity index (χ2v) is 16.2. The van der Waals surface area contributed by atoms with E-state index in [0.29, 0.717) is 23.2 Å². The Kier molecular flexibility index (Phi) is 7.69. The summed E-state index contributed by atoms with van der Waals surface area (Å²) in [5, 5.41) is 6.89. The Morgan fingerprint density at radius 1 is 0.590 bits per heavy atom. The molecule has 1 aliphatic heterocycles. The predicted octanol–water partition coefficient (Wildman–Crippen LogP) is 14.1. The molecule has 0 fully saturated rings. The number of furan rings is 1. The summed E-state index contributed by atoms with van der Waals surface area (Å²) < 4.78 is 15.1. The molecule has 0 spiro atoms. The zero-order valence-electron chi connectivity index (χ0n) is 33.6. The fourth-order valence-corrected chi connectivity index (χ4v) is 9.87. The third-order valence-corrected chi connectivity index (χ3v) is 12.6. The molecule has 2 atom stereocenters. The molecule has 0 bridgehead atoms. The van der Waals surface area contributed by atoms with Gasteiger partial charge in [0.1, 0.15) is 28.5 Å². The number of allylic oxidation sites excluding steroid dienone is 6. The first kappa shape index (κ1) is 35.1. The maximum Gasteiger partial charge on any atom is 0.164 e. The fourth-order valence-electron chi connectivity index (χ4n) is 9.87. The van der Waals surface area contributed by atoms with Crippen molar-refractivity contribution >= 4 is 54.5 Å². The lowest BCUT2D eigenvalue weighted by atomic mass is 9.82. The smallest absolute Gasteiger partial charge is 0.164 e. The molecule has 7 aromatic carbocycles. The van der Waals surface area contributed by atoms with Crippen molar-refractivity contribution in [3.8, 4) is 45.0 Å². The Hall–Kier alpha value is -7.83. The Bertz CT molecular complexity index is 3570. The van der Waals surface area contributed by atoms with Crippen LogP contribution in [0.15, 0.2) is 198 Å². The molecule has 2 unspecified atom stereocenters. The second-order valence-electron chi connectivity index (χ2n) is 16.2. The Labute approximate surface area is 352 Å². The third kappa shape index (κ3) is 5.32. The van der Waals surface area contributed by atoms with E-state index in [0.717, 1.165) is 49.9 Å². The Morgan fingerprint density at radius 2 is 1.26 bits per heavy atom. The van der Waals surface area contributed by atoms with E-state index in [4.69, 9.17) is 24.1 Å². The van der Waals surface area contributed by atoms with Gasteiger partial charge in [-0.1, -0.05) is 146 Å². The summed E-state index contributed by atoms with van der Waals surface area (Å²) in [4.78, 5) is 16.2. The number of hydrogen-bond acceptors (Lipinski definition) is 5. The van der Waals surface area contributed by atoms with Crippen molar-refractivity contribution in [2.45, 2.75) is 25.3 Å². The normalized spacial score (nSPS) is 19.3. The molecule has 4 heterocycles. The first-order valence-electron chi connectivity index (χ1n) is 20.7. The summed E-state index contributed by atoms with van der Waals surface area (Å²) in [5.41, 5.74) is 9.67. The van der Waals surface area contributed by atoms with Gasteiger partial charge in [0.25, 0.3) is 0 Å². The minimum Gasteiger partial charge on any atom is -0.463 e. The van der Waals surface area contributed by atoms with Crippen LogP contribution in [0.3, 0.4) is 0 Å². The zero-order chi connectivity index (χ0) is 40.8. The lowest BCUT2D eigenvalue weighted by molar-refractivity contribution is 0.319. The van der Waals surface area contributed by atoms with E-state index in [2.05, 4.69) is 133 Å². The summed E-state index contributed by atoms with van der Waals surface area (Å²) in [7, 11) is 0. The largest absolute Gasteiger partial charge is 0.463 e. The summed E-state index contributed by atoms with van der Waals surface area (Å²) >= 11 is 0. The van der Waals surface area contributed by atoms with Crippen molar-refractivity contribution in [1.82, 2.24) is 19.5 Å². The molecule has 12 rings (SSSR count). The van der Waals surface area contributed by atoms with Gasteiger partial charge in [0.15, 0.2) is 11.6 Å². The van der Waals surface area contributed by atoms with Crippen molar-refractivity contribution < 1.29 is 9.15 Å². The van der Waals surface area contributed by atoms with Gasteiger partial charge in [-0.25, -0.2) is 15.0 Å². The van der Waals surface area contributed by atoms with Crippen LogP contribution in [0, 0.1) is 0 Å². The molecule has 61 heavy (non-hydrogen) atoms. The number of rotatable bonds is 4. The van der Waals surface area contributed by atoms with Crippen molar-refractivity contribution in [3.05, 3.63) is 200 Å². The van der Waals surface area contributed by atoms with Gasteiger partial charge in [0, 0.05) is 32.7 Å². The molecule has 2 aliphatic rings. The molecule has 0 saturated carbocycles. The highest BCUT2D eigenvalue weighted by Crippen LogP contribution is 2.52. The highest BCUT2D eigenvalue weighted by Gasteiger charge is 2.40. The molecular formula is C55H38N4O2. The number of para-hydroxylation sites is 1. The number of aromatic nitrogens is 4. The first-order chi connectivity index (χ1) is 29.9. The van der Waals surface area contributed by atoms with Gasteiger partial charge < -0.3 is 13.7 Å². The molecule has 10 aromatic rings. The van der Waals surface area contributed by atoms with Crippen molar-refractivity contribution in [2.24, 2.45) is 0 Å². The van der Waals surface area contributed by atoms with Gasteiger partial charge in [-0.2, -0.15) is 0 Å². The summed E-state index contributed by atoms with van der Waals surface area (Å²) in [6, 6.07) is 51.1. The SMILES string of the molecule is C=C1/C=C\C(C)(n2c3cccc4c3c3c5c(cccc5ccc32)-c2ccccc2-4)C(c2nc(-c3ccccc3)nc(-c3cccc4oc5ccccc5c34)n2)/C=C\C=C(/C)O1. The van der Waals surface area contributed by atoms with Crippen LogP contribution < -0.4 is 0 Å². The standard InChI is InChI=1S/C55H38N4O2/c1-33-15-11-25-43(54-57-52(36-16-5-4-6-17-36)56-53(58-54)42-24-14-28-47-49(42)41-21-9-10-27-46(41)61-47)55(3,32-31-34(2)60-33)59-44-26-13-23-40-38-20-8-7-19-37(38)39-22-12-18-35-29-30-45(59)51(48(35)39)50(40)44/h4-32,43H,2H2,1,3H3/b25-11-,32-31-,33-15+. The topological polar surface area (TPSA) is 66.0 Å². The van der Waals surface area contributed by atoms with Crippen molar-refractivity contribution in [1.29, 1.82) is 0 Å². The average molecular weight is 787 g/mol. The van der Waals surface area contributed by atoms with Gasteiger partial charge >= 0.3 is 0 Å². The van der Waals surface area contributed by atoms with E-state index in [1.165, 1.54) is 43.8 Å². The van der Waals surface area contributed by atoms with Crippen LogP contribution >= 0.6 is 0 Å². The predicted molar refractivity (Wildman–Crippen MR) is 248 cm³/mol. The van der Waals surface area contributed by atoms with Crippen LogP contribution in [0.1, 0.15) is 25.6 Å². The van der Waals surface area contributed by atoms with E-state index in [1.54, 1.807) is 0 Å². The summed E-state index contributed by atoms with van der Waals surface area (Å²) in [6.07, 6.45) is 10.5. The Morgan fingerprint density at radius 3 is 2.11 bits per heavy atom. The summed E-state index contributed by atoms with van der Waals surface area (Å²) in [6.45, 7) is 8.55. The van der Waals surface area contributed by atoms with Crippen LogP contribution in [0.25, 0.3) is 99.5 Å². The molecule has 0 amide bonds. The number of ether oxygens (including phenoxy) is 1. The van der Waals surface area contributed by atoms with Crippen molar-refractivity contribution in [2.75, 3.05) is 0 Å². The minimum absolute atomic E-state index is 0.424. The Balaban J connectivity index is 1.19. The molecule has 1 aliphatic carbocycles. The molecule has 3 aromatic heterocycles. The maximum atomic E-state index is 6.37. The van der Waals surface area contributed by atoms with Gasteiger partial charge in [-0.05, 0) is 83.3 Å². The number of fused-ring (bicyclic) bond motifs is 6. The van der Waals surface area contributed by atoms with Crippen molar-refractivity contribution in [3.63, 3.8) is 0 Å². The number of hydrogen-bond donors (Lipinski definition) is 0. The van der Waals surface area contributed by atoms with Crippen LogP contribution in [-0.4, -0.2) is 19.5 Å². The molecule has 6 heteroatoms. The van der Waals surface area contributed by atoms with E-state index in [-0.39, 0.29) is 0 Å². The van der Waals surface area contributed by atoms with E-state index in [1.807, 2.05) is 67.6 Å². The molecule has 0 N–H and O–H groups in total. The van der Waals surface area contributed by atoms with Gasteiger partial charge in [0.2, 0.25) is 0 Å². The number of benzene rings is 7. The maximum absolute atomic E-state index is 6.37. The van der Waals surface area contributed by atoms with Gasteiger partial charge in [-0.15, -0.1) is 0 Å². The van der Waals surface area contributed by atoms with Gasteiger partial charge in [0.05, 0.1) is 22.5 Å². The minimum atomic E-state index is -0.831. The van der Waals surface area contributed by atoms with Gasteiger partial charge in [-0.3, -0.25) is 0 Å². The third-order valence-electron chi connectivity index (χ3n) is 12.6. The van der Waals surface area contributed by atoms with Crippen LogP contribution in [-0.2, 0) is 10.3 Å². The highest BCUT2D eigenvalue weighted by molar-refractivity contribution is 6.30. The highest BCUT2D eigenvalue weighted by atomic mass is 16.5. The number of nitrogens with zero attached hydrogens (tertiary/aromatic N) is 4. The summed E-state index contributed by atoms with van der Waals surface area (Å²) in [5.74, 6) is 2.64. The first-order valence-corrected chi connectivity index (χ1v) is 20.7. The molecule has 290 valence electrons. The van der Waals surface area contributed by atoms with Crippen LogP contribution in [0.5, 0.6) is 0 Å². The lowest BCUT2D eigenvalue weighted by Crippen LogP contribution is -2.35. The molecule has 6 nitrogen and oxygen atoms in total. The average Bonchev–Trinajstić information content (AvgIpc) is 3.82. The van der Waals surface area contributed by atoms with E-state index < -0.39 is 11.5 Å². The molecular weight excluding hydrogens is 749 g/mol. The van der Waals surface area contributed by atoms with Crippen LogP contribution in [0.4, 0.5) is 0 Å². The van der Waals surface area contributed by atoms with Crippen LogP contribution in [0.2, 0.25) is 0 Å². The van der Waals surface area contributed by atoms with E-state index in [9.17, 15) is 0 Å². The monoisotopic (exact) mass is 786 g/mol. The fraction of sp³-hybridized carbons (Fsp3) is 0.0727. The van der Waals surface area contributed by atoms with E-state index >= 15 is 0 Å². The zero-order valence-corrected chi connectivity index (χ0v) is 33.6. The molecule has 0 radical (unpaired) electrons. The molecule has 0 saturated heterocycles. The quantitative estimate of drug-likeness (QED) is 0.178.